The van der Waals surface area contributed by atoms with Gasteiger partial charge in [0.05, 0.1) is 24.0 Å². The molecule has 0 saturated heterocycles. The first kappa shape index (κ1) is 19.0. The molecule has 7 heteroatoms. The van der Waals surface area contributed by atoms with E-state index in [1.54, 1.807) is 10.8 Å². The largest absolute Gasteiger partial charge is 0.464 e. The molecule has 136 valence electrons. The van der Waals surface area contributed by atoms with E-state index in [4.69, 9.17) is 10.5 Å². The Hall–Kier alpha value is -1.78. The average molecular weight is 481 g/mol. The van der Waals surface area contributed by atoms with E-state index in [9.17, 15) is 10.1 Å². The number of carbonyl (C=O) groups excluding carboxylic acids is 1. The third-order valence-corrected chi connectivity index (χ3v) is 6.11. The van der Waals surface area contributed by atoms with Gasteiger partial charge in [-0.1, -0.05) is 19.3 Å². The fourth-order valence-corrected chi connectivity index (χ4v) is 5.18. The molecule has 1 saturated carbocycles. The number of benzene rings is 1. The van der Waals surface area contributed by atoms with Crippen LogP contribution in [-0.2, 0) is 4.74 Å². The van der Waals surface area contributed by atoms with Gasteiger partial charge < -0.3 is 15.0 Å². The first-order chi connectivity index (χ1) is 12.5. The van der Waals surface area contributed by atoms with E-state index in [2.05, 4.69) is 44.0 Å². The molecule has 0 aliphatic heterocycles. The second-order valence-electron chi connectivity index (χ2n) is 6.45. The number of halogens is 2. The Morgan fingerprint density at radius 1 is 1.27 bits per heavy atom. The Bertz CT molecular complexity index is 870. The number of nitrogens with two attached hydrogens (primary N) is 1. The van der Waals surface area contributed by atoms with Crippen molar-refractivity contribution in [1.82, 2.24) is 4.57 Å². The highest BCUT2D eigenvalue weighted by molar-refractivity contribution is 9.11. The van der Waals surface area contributed by atoms with Gasteiger partial charge in [0.25, 0.3) is 0 Å². The molecule has 3 rings (SSSR count). The molecule has 1 heterocycles. The molecule has 1 fully saturated rings. The van der Waals surface area contributed by atoms with Gasteiger partial charge in [-0.25, -0.2) is 4.79 Å². The number of nitrogens with zero attached hydrogens (tertiary/aromatic N) is 2. The minimum Gasteiger partial charge on any atom is -0.464 e. The molecule has 0 bridgehead atoms. The van der Waals surface area contributed by atoms with Crippen molar-refractivity contribution >= 4 is 43.5 Å². The molecule has 1 aliphatic rings. The summed E-state index contributed by atoms with van der Waals surface area (Å²) in [5.74, 6) is -0.0333. The minimum atomic E-state index is -0.584. The van der Waals surface area contributed by atoms with Crippen LogP contribution in [0.5, 0.6) is 0 Å². The van der Waals surface area contributed by atoms with E-state index in [0.29, 0.717) is 5.92 Å². The molecule has 5 nitrogen and oxygen atoms in total. The van der Waals surface area contributed by atoms with Crippen LogP contribution in [0.3, 0.4) is 0 Å². The van der Waals surface area contributed by atoms with Gasteiger partial charge in [-0.05, 0) is 68.3 Å². The number of nitriles is 1. The quantitative estimate of drug-likeness (QED) is 0.605. The topological polar surface area (TPSA) is 81.0 Å². The van der Waals surface area contributed by atoms with Crippen LogP contribution < -0.4 is 5.73 Å². The highest BCUT2D eigenvalue weighted by Gasteiger charge is 2.25. The number of hydrogen-bond acceptors (Lipinski definition) is 4. The molecular formula is C19H19Br2N3O2. The van der Waals surface area contributed by atoms with Crippen molar-refractivity contribution in [2.75, 3.05) is 12.8 Å². The number of esters is 1. The summed E-state index contributed by atoms with van der Waals surface area (Å²) in [6, 6.07) is 6.22. The number of carbonyl (C=O) groups is 1. The third-order valence-electron chi connectivity index (χ3n) is 4.90. The van der Waals surface area contributed by atoms with E-state index < -0.39 is 5.97 Å². The lowest BCUT2D eigenvalue weighted by molar-refractivity contribution is 0.0593. The number of methoxy groups -OCH3 is 1. The molecular weight excluding hydrogens is 462 g/mol. The van der Waals surface area contributed by atoms with Crippen LogP contribution in [0.25, 0.3) is 5.69 Å². The highest BCUT2D eigenvalue weighted by atomic mass is 79.9. The standard InChI is InChI=1S/C19H19Br2N3O2/c1-26-19(25)18-16(23)13(9-22)10-24(18)17-14(20)7-12(8-15(17)21)11-5-3-2-4-6-11/h7-8,10-11H,2-6,23H2,1H3. The lowest BCUT2D eigenvalue weighted by Crippen LogP contribution is -2.12. The number of nitrogen functional groups attached to an aromatic ring is 1. The van der Waals surface area contributed by atoms with Crippen LogP contribution in [0.4, 0.5) is 5.69 Å². The van der Waals surface area contributed by atoms with Gasteiger partial charge in [-0.2, -0.15) is 5.26 Å². The van der Waals surface area contributed by atoms with E-state index in [1.165, 1.54) is 44.8 Å². The summed E-state index contributed by atoms with van der Waals surface area (Å²) in [6.07, 6.45) is 7.77. The van der Waals surface area contributed by atoms with Gasteiger partial charge in [-0.3, -0.25) is 0 Å². The Balaban J connectivity index is 2.13. The predicted molar refractivity (Wildman–Crippen MR) is 107 cm³/mol. The van der Waals surface area contributed by atoms with Crippen LogP contribution in [0.15, 0.2) is 27.3 Å². The van der Waals surface area contributed by atoms with Crippen LogP contribution in [-0.4, -0.2) is 17.6 Å². The Kier molecular flexibility index (Phi) is 5.73. The van der Waals surface area contributed by atoms with Crippen LogP contribution >= 0.6 is 31.9 Å². The molecule has 0 amide bonds. The van der Waals surface area contributed by atoms with Crippen molar-refractivity contribution in [1.29, 1.82) is 5.26 Å². The van der Waals surface area contributed by atoms with Gasteiger partial charge in [0.15, 0.2) is 5.69 Å². The molecule has 2 aromatic rings. The summed E-state index contributed by atoms with van der Waals surface area (Å²) < 4.78 is 8.13. The van der Waals surface area contributed by atoms with E-state index in [0.717, 1.165) is 14.6 Å². The first-order valence-corrected chi connectivity index (χ1v) is 10.0. The normalized spacial score (nSPS) is 14.8. The van der Waals surface area contributed by atoms with Gasteiger partial charge in [0.2, 0.25) is 0 Å². The van der Waals surface area contributed by atoms with Gasteiger partial charge in [0.1, 0.15) is 6.07 Å². The zero-order valence-electron chi connectivity index (χ0n) is 14.4. The highest BCUT2D eigenvalue weighted by Crippen LogP contribution is 2.40. The van der Waals surface area contributed by atoms with E-state index in [1.807, 2.05) is 6.07 Å². The van der Waals surface area contributed by atoms with Crippen molar-refractivity contribution in [2.45, 2.75) is 38.0 Å². The summed E-state index contributed by atoms with van der Waals surface area (Å²) in [4.78, 5) is 12.2. The van der Waals surface area contributed by atoms with Crippen molar-refractivity contribution in [3.05, 3.63) is 44.1 Å². The zero-order chi connectivity index (χ0) is 18.8. The summed E-state index contributed by atoms with van der Waals surface area (Å²) >= 11 is 7.27. The monoisotopic (exact) mass is 479 g/mol. The van der Waals surface area contributed by atoms with Gasteiger partial charge >= 0.3 is 5.97 Å². The molecule has 1 aromatic heterocycles. The second-order valence-corrected chi connectivity index (χ2v) is 8.16. The summed E-state index contributed by atoms with van der Waals surface area (Å²) in [5.41, 5.74) is 8.50. The van der Waals surface area contributed by atoms with E-state index in [-0.39, 0.29) is 16.9 Å². The lowest BCUT2D eigenvalue weighted by atomic mass is 9.84. The number of ether oxygens (including phenoxy) is 1. The smallest absolute Gasteiger partial charge is 0.357 e. The number of anilines is 1. The maximum atomic E-state index is 12.2. The fraction of sp³-hybridized carbons (Fsp3) is 0.368. The summed E-state index contributed by atoms with van der Waals surface area (Å²) in [6.45, 7) is 0. The van der Waals surface area contributed by atoms with Crippen LogP contribution in [0.2, 0.25) is 0 Å². The third kappa shape index (κ3) is 3.40. The Morgan fingerprint density at radius 3 is 2.42 bits per heavy atom. The molecule has 1 aromatic carbocycles. The average Bonchev–Trinajstić information content (AvgIpc) is 2.97. The second kappa shape index (κ2) is 7.85. The first-order valence-electron chi connectivity index (χ1n) is 8.46. The predicted octanol–water partition coefficient (Wildman–Crippen LogP) is 5.29. The summed E-state index contributed by atoms with van der Waals surface area (Å²) in [5, 5.41) is 9.29. The lowest BCUT2D eigenvalue weighted by Gasteiger charge is -2.23. The van der Waals surface area contributed by atoms with Crippen molar-refractivity contribution < 1.29 is 9.53 Å². The number of rotatable bonds is 3. The molecule has 0 radical (unpaired) electrons. The van der Waals surface area contributed by atoms with Crippen LogP contribution in [0.1, 0.15) is 59.6 Å². The van der Waals surface area contributed by atoms with Crippen molar-refractivity contribution in [3.8, 4) is 11.8 Å². The van der Waals surface area contributed by atoms with Gasteiger partial charge in [0, 0.05) is 15.1 Å². The zero-order valence-corrected chi connectivity index (χ0v) is 17.6. The SMILES string of the molecule is COC(=O)c1c(N)c(C#N)cn1-c1c(Br)cc(C2CCCCC2)cc1Br. The molecule has 0 unspecified atom stereocenters. The number of aromatic nitrogens is 1. The van der Waals surface area contributed by atoms with Crippen molar-refractivity contribution in [3.63, 3.8) is 0 Å². The minimum absolute atomic E-state index is 0.120. The molecule has 0 spiro atoms. The maximum absolute atomic E-state index is 12.2. The molecule has 1 aliphatic carbocycles. The Morgan fingerprint density at radius 2 is 1.88 bits per heavy atom. The van der Waals surface area contributed by atoms with Crippen LogP contribution in [0, 0.1) is 11.3 Å². The van der Waals surface area contributed by atoms with E-state index >= 15 is 0 Å². The molecule has 26 heavy (non-hydrogen) atoms. The molecule has 2 N–H and O–H groups in total. The molecule has 0 atom stereocenters. The fourth-order valence-electron chi connectivity index (χ4n) is 3.58. The number of hydrogen-bond donors (Lipinski definition) is 1. The van der Waals surface area contributed by atoms with Crippen molar-refractivity contribution in [2.24, 2.45) is 0 Å². The van der Waals surface area contributed by atoms with Gasteiger partial charge in [-0.15, -0.1) is 0 Å². The Labute approximate surface area is 169 Å². The maximum Gasteiger partial charge on any atom is 0.357 e. The summed E-state index contributed by atoms with van der Waals surface area (Å²) in [7, 11) is 1.29.